The summed E-state index contributed by atoms with van der Waals surface area (Å²) in [5, 5.41) is 22.4. The number of benzene rings is 1. The van der Waals surface area contributed by atoms with Gasteiger partial charge in [0.25, 0.3) is 0 Å². The Morgan fingerprint density at radius 1 is 1.12 bits per heavy atom. The van der Waals surface area contributed by atoms with E-state index >= 15 is 0 Å². The Labute approximate surface area is 183 Å². The molecule has 5 rings (SSSR count). The minimum atomic E-state index is -2.61. The van der Waals surface area contributed by atoms with Crippen molar-refractivity contribution in [3.63, 3.8) is 0 Å². The molecular weight excluding hydrogens is 419 g/mol. The van der Waals surface area contributed by atoms with Crippen LogP contribution in [-0.4, -0.2) is 51.2 Å². The summed E-state index contributed by atoms with van der Waals surface area (Å²) >= 11 is 0. The summed E-state index contributed by atoms with van der Waals surface area (Å²) in [7, 11) is 1.84. The molecule has 2 unspecified atom stereocenters. The highest BCUT2D eigenvalue weighted by Crippen LogP contribution is 2.35. The van der Waals surface area contributed by atoms with E-state index in [0.717, 1.165) is 23.8 Å². The second kappa shape index (κ2) is 8.12. The van der Waals surface area contributed by atoms with E-state index in [2.05, 4.69) is 15.5 Å². The number of alkyl halides is 3. The van der Waals surface area contributed by atoms with Crippen molar-refractivity contribution in [1.82, 2.24) is 20.1 Å². The number of nitrogens with zero attached hydrogens (tertiary/aromatic N) is 4. The van der Waals surface area contributed by atoms with Gasteiger partial charge in [0, 0.05) is 37.1 Å². The van der Waals surface area contributed by atoms with Gasteiger partial charge in [-0.05, 0) is 60.7 Å². The highest BCUT2D eigenvalue weighted by Gasteiger charge is 2.43. The molecule has 2 fully saturated rings. The summed E-state index contributed by atoms with van der Waals surface area (Å²) in [6, 6.07) is 10.0. The molecule has 0 saturated carbocycles. The smallest absolute Gasteiger partial charge is 0.318 e. The van der Waals surface area contributed by atoms with Crippen LogP contribution in [-0.2, 0) is 0 Å². The van der Waals surface area contributed by atoms with Gasteiger partial charge in [-0.25, -0.2) is 4.39 Å². The third-order valence-electron chi connectivity index (χ3n) is 6.61. The minimum absolute atomic E-state index is 0.0264. The zero-order chi connectivity index (χ0) is 22.4. The van der Waals surface area contributed by atoms with Crippen molar-refractivity contribution in [3.8, 4) is 28.1 Å². The number of piperidine rings is 1. The van der Waals surface area contributed by atoms with Crippen LogP contribution in [0.2, 0.25) is 0 Å². The van der Waals surface area contributed by atoms with Crippen LogP contribution in [0.4, 0.5) is 19.0 Å². The molecule has 2 aromatic heterocycles. The van der Waals surface area contributed by atoms with E-state index < -0.39 is 12.7 Å². The van der Waals surface area contributed by atoms with Crippen molar-refractivity contribution in [2.45, 2.75) is 50.1 Å². The van der Waals surface area contributed by atoms with Crippen LogP contribution in [0.25, 0.3) is 22.4 Å². The number of hydrogen-bond donors (Lipinski definition) is 2. The Bertz CT molecular complexity index is 1100. The quantitative estimate of drug-likeness (QED) is 0.613. The number of nitrogens with one attached hydrogen (secondary N) is 1. The van der Waals surface area contributed by atoms with Crippen LogP contribution in [0.3, 0.4) is 0 Å². The molecule has 2 aliphatic heterocycles. The van der Waals surface area contributed by atoms with Crippen LogP contribution < -0.4 is 10.2 Å². The topological polar surface area (TPSA) is 66.2 Å². The molecule has 4 atom stereocenters. The Morgan fingerprint density at radius 3 is 2.66 bits per heavy atom. The predicted molar refractivity (Wildman–Crippen MR) is 115 cm³/mol. The van der Waals surface area contributed by atoms with Gasteiger partial charge in [-0.2, -0.15) is 8.78 Å². The third-order valence-corrected chi connectivity index (χ3v) is 6.61. The number of anilines is 1. The number of hydrogen-bond acceptors (Lipinski definition) is 5. The number of phenols is 1. The van der Waals surface area contributed by atoms with Crippen molar-refractivity contribution in [3.05, 3.63) is 48.8 Å². The van der Waals surface area contributed by atoms with Gasteiger partial charge in [-0.15, -0.1) is 10.2 Å². The van der Waals surface area contributed by atoms with E-state index in [9.17, 15) is 18.3 Å². The summed E-state index contributed by atoms with van der Waals surface area (Å²) in [5.41, 5.74) is 2.14. The molecular formula is C23H24F3N5O. The Kier molecular flexibility index (Phi) is 5.28. The second-order valence-electron chi connectivity index (χ2n) is 8.54. The lowest BCUT2D eigenvalue weighted by Gasteiger charge is -2.38. The van der Waals surface area contributed by atoms with Crippen LogP contribution in [0.1, 0.15) is 25.8 Å². The number of aromatic hydroxyl groups is 1. The van der Waals surface area contributed by atoms with E-state index in [1.165, 1.54) is 18.5 Å². The van der Waals surface area contributed by atoms with E-state index in [4.69, 9.17) is 0 Å². The first kappa shape index (κ1) is 20.8. The van der Waals surface area contributed by atoms with Crippen molar-refractivity contribution in [2.24, 2.45) is 0 Å². The molecule has 4 heterocycles. The molecule has 0 radical (unpaired) electrons. The van der Waals surface area contributed by atoms with Crippen LogP contribution in [0.5, 0.6) is 5.75 Å². The molecule has 9 heteroatoms. The summed E-state index contributed by atoms with van der Waals surface area (Å²) in [6.07, 6.45) is 4.26. The van der Waals surface area contributed by atoms with E-state index in [0.29, 0.717) is 34.2 Å². The molecule has 0 amide bonds. The molecule has 2 N–H and O–H groups in total. The lowest BCUT2D eigenvalue weighted by atomic mass is 9.96. The van der Waals surface area contributed by atoms with Gasteiger partial charge in [0.1, 0.15) is 11.9 Å². The Morgan fingerprint density at radius 2 is 1.97 bits per heavy atom. The zero-order valence-corrected chi connectivity index (χ0v) is 17.5. The number of fused-ring (bicyclic) bond motifs is 2. The maximum absolute atomic E-state index is 14.9. The molecule has 32 heavy (non-hydrogen) atoms. The molecule has 168 valence electrons. The van der Waals surface area contributed by atoms with Crippen molar-refractivity contribution >= 4 is 5.82 Å². The standard InChI is InChI=1S/C23H24F3N5O/c1-30(19-11-15-3-5-18(27-15)22(19)24)21-7-6-17(28-29-21)16-4-2-13(10-20(16)32)14-8-9-31(12-14)23(25)26/h2,4,6-10,12,15,18-19,22-23,27,32H,3,5,11H2,1H3/t15?,18?,19-,22+/m0/s1. The van der Waals surface area contributed by atoms with Crippen molar-refractivity contribution < 1.29 is 18.3 Å². The van der Waals surface area contributed by atoms with Gasteiger partial charge in [0.2, 0.25) is 0 Å². The Hall–Kier alpha value is -3.07. The van der Waals surface area contributed by atoms with Gasteiger partial charge in [0.05, 0.1) is 11.7 Å². The minimum Gasteiger partial charge on any atom is -0.507 e. The molecule has 0 aliphatic carbocycles. The summed E-state index contributed by atoms with van der Waals surface area (Å²) < 4.78 is 41.3. The van der Waals surface area contributed by atoms with Gasteiger partial charge >= 0.3 is 6.55 Å². The number of phenolic OH excluding ortho intramolecular Hbond substituents is 1. The molecule has 2 saturated heterocycles. The number of halogens is 3. The van der Waals surface area contributed by atoms with Gasteiger partial charge in [0.15, 0.2) is 5.82 Å². The van der Waals surface area contributed by atoms with E-state index in [1.807, 2.05) is 11.9 Å². The van der Waals surface area contributed by atoms with Gasteiger partial charge < -0.3 is 15.3 Å². The first-order valence-corrected chi connectivity index (χ1v) is 10.7. The third kappa shape index (κ3) is 3.70. The van der Waals surface area contributed by atoms with E-state index in [1.54, 1.807) is 30.3 Å². The molecule has 6 nitrogen and oxygen atoms in total. The van der Waals surface area contributed by atoms with Crippen molar-refractivity contribution in [1.29, 1.82) is 0 Å². The average molecular weight is 443 g/mol. The van der Waals surface area contributed by atoms with Gasteiger partial charge in [-0.1, -0.05) is 6.07 Å². The maximum Gasteiger partial charge on any atom is 0.318 e. The fourth-order valence-corrected chi connectivity index (χ4v) is 4.81. The average Bonchev–Trinajstić information content (AvgIpc) is 3.44. The molecule has 2 aliphatic rings. The maximum atomic E-state index is 14.9. The SMILES string of the molecule is CN(c1ccc(-c2ccc(-c3ccn(C(F)F)c3)cc2O)nn1)[C@H]1CC2CCC(N2)[C@H]1F. The molecule has 0 spiro atoms. The number of rotatable bonds is 5. The normalized spacial score (nSPS) is 24.8. The second-order valence-corrected chi connectivity index (χ2v) is 8.54. The van der Waals surface area contributed by atoms with Crippen LogP contribution in [0, 0.1) is 0 Å². The lowest BCUT2D eigenvalue weighted by Crippen LogP contribution is -2.55. The van der Waals surface area contributed by atoms with Crippen molar-refractivity contribution in [2.75, 3.05) is 11.9 Å². The number of aromatic nitrogens is 3. The highest BCUT2D eigenvalue weighted by molar-refractivity contribution is 5.74. The molecule has 2 bridgehead atoms. The fraction of sp³-hybridized carbons (Fsp3) is 0.391. The zero-order valence-electron chi connectivity index (χ0n) is 17.5. The van der Waals surface area contributed by atoms with Crippen LogP contribution in [0.15, 0.2) is 48.8 Å². The first-order chi connectivity index (χ1) is 15.4. The Balaban J connectivity index is 1.34. The first-order valence-electron chi connectivity index (χ1n) is 10.7. The molecule has 3 aromatic rings. The van der Waals surface area contributed by atoms with Gasteiger partial charge in [-0.3, -0.25) is 4.57 Å². The lowest BCUT2D eigenvalue weighted by molar-refractivity contribution is 0.0707. The summed E-state index contributed by atoms with van der Waals surface area (Å²) in [5.74, 6) is 0.550. The molecule has 1 aromatic carbocycles. The monoisotopic (exact) mass is 443 g/mol. The fourth-order valence-electron chi connectivity index (χ4n) is 4.81. The highest BCUT2D eigenvalue weighted by atomic mass is 19.3. The largest absolute Gasteiger partial charge is 0.507 e. The van der Waals surface area contributed by atoms with Crippen LogP contribution >= 0.6 is 0 Å². The summed E-state index contributed by atoms with van der Waals surface area (Å²) in [6.45, 7) is -2.61. The predicted octanol–water partition coefficient (Wildman–Crippen LogP) is 4.38. The summed E-state index contributed by atoms with van der Waals surface area (Å²) in [4.78, 5) is 1.85. The van der Waals surface area contributed by atoms with E-state index in [-0.39, 0.29) is 17.8 Å².